The van der Waals surface area contributed by atoms with Crippen LogP contribution in [0.1, 0.15) is 30.7 Å². The fourth-order valence-corrected chi connectivity index (χ4v) is 4.05. The van der Waals surface area contributed by atoms with E-state index in [1.165, 1.54) is 4.70 Å². The molecule has 2 aromatic rings. The van der Waals surface area contributed by atoms with Crippen LogP contribution in [0.4, 0.5) is 0 Å². The van der Waals surface area contributed by atoms with E-state index < -0.39 is 0 Å². The van der Waals surface area contributed by atoms with E-state index in [-0.39, 0.29) is 42.7 Å². The number of hydrogen-bond acceptors (Lipinski definition) is 4. The van der Waals surface area contributed by atoms with Crippen LogP contribution in [-0.4, -0.2) is 28.9 Å². The third-order valence-electron chi connectivity index (χ3n) is 4.15. The molecule has 2 atom stereocenters. The molecule has 7 heteroatoms. The SMILES string of the molecule is CN(Cc1nc2ccccc2s1)C(=O)C1CCCC(N)C1.Cl.Cl. The number of carbonyl (C=O) groups is 1. The van der Waals surface area contributed by atoms with Crippen molar-refractivity contribution < 1.29 is 4.79 Å². The quantitative estimate of drug-likeness (QED) is 0.890. The topological polar surface area (TPSA) is 59.2 Å². The molecule has 1 aromatic carbocycles. The average Bonchev–Trinajstić information content (AvgIpc) is 2.88. The molecule has 0 radical (unpaired) electrons. The van der Waals surface area contributed by atoms with E-state index in [2.05, 4.69) is 11.1 Å². The van der Waals surface area contributed by atoms with Crippen molar-refractivity contribution in [2.24, 2.45) is 11.7 Å². The van der Waals surface area contributed by atoms with E-state index in [4.69, 9.17) is 5.73 Å². The lowest BCUT2D eigenvalue weighted by Gasteiger charge is -2.29. The van der Waals surface area contributed by atoms with Crippen molar-refractivity contribution in [2.45, 2.75) is 38.3 Å². The maximum Gasteiger partial charge on any atom is 0.225 e. The van der Waals surface area contributed by atoms with Crippen molar-refractivity contribution in [3.63, 3.8) is 0 Å². The number of aromatic nitrogens is 1. The Hall–Kier alpha value is -0.880. The van der Waals surface area contributed by atoms with Gasteiger partial charge in [0, 0.05) is 19.0 Å². The highest BCUT2D eigenvalue weighted by Gasteiger charge is 2.27. The van der Waals surface area contributed by atoms with Crippen molar-refractivity contribution in [1.82, 2.24) is 9.88 Å². The second kappa shape index (κ2) is 8.83. The lowest BCUT2D eigenvalue weighted by atomic mass is 9.85. The van der Waals surface area contributed by atoms with Gasteiger partial charge in [-0.15, -0.1) is 36.2 Å². The zero-order valence-electron chi connectivity index (χ0n) is 13.1. The van der Waals surface area contributed by atoms with Crippen LogP contribution in [0.3, 0.4) is 0 Å². The number of rotatable bonds is 3. The number of carbonyl (C=O) groups excluding carboxylic acids is 1. The molecular weight excluding hydrogens is 353 g/mol. The summed E-state index contributed by atoms with van der Waals surface area (Å²) in [6.45, 7) is 0.587. The minimum Gasteiger partial charge on any atom is -0.339 e. The van der Waals surface area contributed by atoms with Crippen LogP contribution in [0.25, 0.3) is 10.2 Å². The van der Waals surface area contributed by atoms with Gasteiger partial charge in [-0.1, -0.05) is 18.6 Å². The molecule has 1 aliphatic carbocycles. The minimum absolute atomic E-state index is 0. The molecule has 1 aromatic heterocycles. The van der Waals surface area contributed by atoms with E-state index in [0.717, 1.165) is 36.2 Å². The number of thiazole rings is 1. The fourth-order valence-electron chi connectivity index (χ4n) is 3.03. The predicted molar refractivity (Wildman–Crippen MR) is 101 cm³/mol. The van der Waals surface area contributed by atoms with Crippen LogP contribution in [0.5, 0.6) is 0 Å². The summed E-state index contributed by atoms with van der Waals surface area (Å²) in [5.74, 6) is 0.303. The van der Waals surface area contributed by atoms with Crippen LogP contribution in [0, 0.1) is 5.92 Å². The number of amides is 1. The van der Waals surface area contributed by atoms with Gasteiger partial charge in [0.05, 0.1) is 16.8 Å². The first-order chi connectivity index (χ1) is 10.1. The first-order valence-electron chi connectivity index (χ1n) is 7.48. The van der Waals surface area contributed by atoms with Crippen molar-refractivity contribution in [1.29, 1.82) is 0 Å². The molecule has 1 saturated carbocycles. The summed E-state index contributed by atoms with van der Waals surface area (Å²) in [7, 11) is 1.87. The number of halogens is 2. The zero-order chi connectivity index (χ0) is 14.8. The van der Waals surface area contributed by atoms with Gasteiger partial charge < -0.3 is 10.6 Å². The highest BCUT2D eigenvalue weighted by molar-refractivity contribution is 7.18. The molecule has 4 nitrogen and oxygen atoms in total. The summed E-state index contributed by atoms with van der Waals surface area (Å²) in [5, 5.41) is 0.993. The van der Waals surface area contributed by atoms with E-state index in [9.17, 15) is 4.79 Å². The van der Waals surface area contributed by atoms with Gasteiger partial charge in [-0.3, -0.25) is 4.79 Å². The largest absolute Gasteiger partial charge is 0.339 e. The zero-order valence-corrected chi connectivity index (χ0v) is 15.6. The van der Waals surface area contributed by atoms with Gasteiger partial charge in [-0.25, -0.2) is 4.98 Å². The normalized spacial score (nSPS) is 20.4. The van der Waals surface area contributed by atoms with Crippen LogP contribution in [0.2, 0.25) is 0 Å². The van der Waals surface area contributed by atoms with Gasteiger partial charge in [0.25, 0.3) is 0 Å². The first-order valence-corrected chi connectivity index (χ1v) is 8.30. The van der Waals surface area contributed by atoms with Gasteiger partial charge in [0.1, 0.15) is 5.01 Å². The molecule has 128 valence electrons. The summed E-state index contributed by atoms with van der Waals surface area (Å²) in [5.41, 5.74) is 7.00. The predicted octanol–water partition coefficient (Wildman–Crippen LogP) is 3.62. The molecule has 2 unspecified atom stereocenters. The van der Waals surface area contributed by atoms with E-state index in [1.807, 2.05) is 25.2 Å². The highest BCUT2D eigenvalue weighted by atomic mass is 35.5. The lowest BCUT2D eigenvalue weighted by Crippen LogP contribution is -2.38. The maximum atomic E-state index is 12.5. The van der Waals surface area contributed by atoms with Crippen LogP contribution in [0.15, 0.2) is 24.3 Å². The monoisotopic (exact) mass is 375 g/mol. The fraction of sp³-hybridized carbons (Fsp3) is 0.500. The number of benzene rings is 1. The minimum atomic E-state index is 0. The Labute approximate surface area is 153 Å². The van der Waals surface area contributed by atoms with Crippen LogP contribution >= 0.6 is 36.2 Å². The van der Waals surface area contributed by atoms with Crippen molar-refractivity contribution in [3.8, 4) is 0 Å². The van der Waals surface area contributed by atoms with Gasteiger partial charge in [0.2, 0.25) is 5.91 Å². The smallest absolute Gasteiger partial charge is 0.225 e. The molecule has 2 N–H and O–H groups in total. The van der Waals surface area contributed by atoms with Gasteiger partial charge in [-0.2, -0.15) is 0 Å². The Morgan fingerprint density at radius 2 is 2.09 bits per heavy atom. The molecule has 1 aliphatic rings. The molecule has 1 heterocycles. The van der Waals surface area contributed by atoms with E-state index in [1.54, 1.807) is 16.2 Å². The van der Waals surface area contributed by atoms with Gasteiger partial charge in [-0.05, 0) is 31.4 Å². The third-order valence-corrected chi connectivity index (χ3v) is 5.17. The number of fused-ring (bicyclic) bond motifs is 1. The molecule has 3 rings (SSSR count). The Balaban J connectivity index is 0.00000132. The molecule has 1 amide bonds. The number of hydrogen-bond donors (Lipinski definition) is 1. The molecular formula is C16H23Cl2N3OS. The van der Waals surface area contributed by atoms with Crippen molar-refractivity contribution in [2.75, 3.05) is 7.05 Å². The standard InChI is InChI=1S/C16H21N3OS.2ClH/c1-19(16(20)11-5-4-6-12(17)9-11)10-15-18-13-7-2-3-8-14(13)21-15;;/h2-3,7-8,11-12H,4-6,9-10,17H2,1H3;2*1H. The summed E-state index contributed by atoms with van der Waals surface area (Å²) in [6, 6.07) is 8.27. The number of nitrogens with zero attached hydrogens (tertiary/aromatic N) is 2. The summed E-state index contributed by atoms with van der Waals surface area (Å²) in [6.07, 6.45) is 3.90. The second-order valence-electron chi connectivity index (χ2n) is 5.89. The summed E-state index contributed by atoms with van der Waals surface area (Å²) >= 11 is 1.66. The molecule has 0 bridgehead atoms. The Kier molecular flexibility index (Phi) is 7.74. The highest BCUT2D eigenvalue weighted by Crippen LogP contribution is 2.26. The van der Waals surface area contributed by atoms with Crippen molar-refractivity contribution >= 4 is 52.3 Å². The molecule has 0 aliphatic heterocycles. The molecule has 1 fully saturated rings. The summed E-state index contributed by atoms with van der Waals surface area (Å²) in [4.78, 5) is 18.9. The Morgan fingerprint density at radius 3 is 2.78 bits per heavy atom. The van der Waals surface area contributed by atoms with Crippen LogP contribution < -0.4 is 5.73 Å². The summed E-state index contributed by atoms with van der Waals surface area (Å²) < 4.78 is 1.17. The van der Waals surface area contributed by atoms with E-state index >= 15 is 0 Å². The van der Waals surface area contributed by atoms with E-state index in [0.29, 0.717) is 6.54 Å². The molecule has 0 saturated heterocycles. The second-order valence-corrected chi connectivity index (χ2v) is 7.01. The third kappa shape index (κ3) is 4.80. The van der Waals surface area contributed by atoms with Gasteiger partial charge in [0.15, 0.2) is 0 Å². The van der Waals surface area contributed by atoms with Gasteiger partial charge >= 0.3 is 0 Å². The Morgan fingerprint density at radius 1 is 1.35 bits per heavy atom. The lowest BCUT2D eigenvalue weighted by molar-refractivity contribution is -0.135. The number of nitrogens with two attached hydrogens (primary N) is 1. The number of para-hydroxylation sites is 1. The van der Waals surface area contributed by atoms with Crippen LogP contribution in [-0.2, 0) is 11.3 Å². The first kappa shape index (κ1) is 20.2. The molecule has 23 heavy (non-hydrogen) atoms. The maximum absolute atomic E-state index is 12.5. The molecule has 0 spiro atoms. The van der Waals surface area contributed by atoms with Crippen molar-refractivity contribution in [3.05, 3.63) is 29.3 Å². The average molecular weight is 376 g/mol. The Bertz CT molecular complexity index is 616.